The summed E-state index contributed by atoms with van der Waals surface area (Å²) in [6.45, 7) is 9.73. The summed E-state index contributed by atoms with van der Waals surface area (Å²) in [7, 11) is 1.74. The molecule has 0 spiro atoms. The van der Waals surface area contributed by atoms with E-state index in [-0.39, 0.29) is 0 Å². The lowest BCUT2D eigenvalue weighted by Crippen LogP contribution is -2.25. The van der Waals surface area contributed by atoms with Gasteiger partial charge in [0.2, 0.25) is 0 Å². The second kappa shape index (κ2) is 7.56. The molecule has 2 heteroatoms. The molecule has 0 bridgehead atoms. The topological polar surface area (TPSA) is 21.3 Å². The van der Waals surface area contributed by atoms with Crippen LogP contribution in [0.5, 0.6) is 0 Å². The van der Waals surface area contributed by atoms with Gasteiger partial charge < -0.3 is 10.1 Å². The highest BCUT2D eigenvalue weighted by atomic mass is 16.5. The fourth-order valence-corrected chi connectivity index (χ4v) is 1.41. The molecule has 0 heterocycles. The first-order valence-electron chi connectivity index (χ1n) is 4.86. The Morgan fingerprint density at radius 1 is 1.25 bits per heavy atom. The Labute approximate surface area is 76.7 Å². The lowest BCUT2D eigenvalue weighted by molar-refractivity contribution is 0.197. The third-order valence-corrected chi connectivity index (χ3v) is 1.85. The lowest BCUT2D eigenvalue weighted by Gasteiger charge is -2.14. The zero-order chi connectivity index (χ0) is 9.40. The Bertz CT molecular complexity index is 93.8. The molecule has 0 aliphatic heterocycles. The molecule has 1 atom stereocenters. The summed E-state index contributed by atoms with van der Waals surface area (Å²) in [6.07, 6.45) is 1.31. The minimum absolute atomic E-state index is 0.779. The van der Waals surface area contributed by atoms with Crippen molar-refractivity contribution in [1.82, 2.24) is 5.32 Å². The minimum Gasteiger partial charge on any atom is -0.383 e. The van der Waals surface area contributed by atoms with Crippen LogP contribution >= 0.6 is 0 Å². The summed E-state index contributed by atoms with van der Waals surface area (Å²) in [5.41, 5.74) is 0. The van der Waals surface area contributed by atoms with E-state index in [2.05, 4.69) is 26.1 Å². The van der Waals surface area contributed by atoms with Gasteiger partial charge in [-0.15, -0.1) is 0 Å². The number of ether oxygens (including phenoxy) is 1. The largest absolute Gasteiger partial charge is 0.383 e. The Morgan fingerprint density at radius 2 is 1.92 bits per heavy atom. The van der Waals surface area contributed by atoms with Crippen molar-refractivity contribution in [3.63, 3.8) is 0 Å². The molecule has 0 radical (unpaired) electrons. The molecular formula is C10H23NO. The normalized spacial score (nSPS) is 13.8. The van der Waals surface area contributed by atoms with Crippen molar-refractivity contribution < 1.29 is 4.74 Å². The SMILES string of the molecule is COCCNCC(C)CC(C)C. The molecule has 0 aliphatic rings. The minimum atomic E-state index is 0.779. The standard InChI is InChI=1S/C10H23NO/c1-9(2)7-10(3)8-11-5-6-12-4/h9-11H,5-8H2,1-4H3. The van der Waals surface area contributed by atoms with Crippen LogP contribution in [0, 0.1) is 11.8 Å². The number of nitrogens with one attached hydrogen (secondary N) is 1. The molecule has 0 rings (SSSR count). The number of methoxy groups -OCH3 is 1. The molecule has 1 N–H and O–H groups in total. The molecule has 0 amide bonds. The van der Waals surface area contributed by atoms with Crippen LogP contribution in [0.25, 0.3) is 0 Å². The van der Waals surface area contributed by atoms with Crippen molar-refractivity contribution in [3.05, 3.63) is 0 Å². The Morgan fingerprint density at radius 3 is 2.42 bits per heavy atom. The van der Waals surface area contributed by atoms with Gasteiger partial charge in [-0.2, -0.15) is 0 Å². The van der Waals surface area contributed by atoms with Crippen molar-refractivity contribution >= 4 is 0 Å². The van der Waals surface area contributed by atoms with E-state index in [1.165, 1.54) is 6.42 Å². The predicted octanol–water partition coefficient (Wildman–Crippen LogP) is 1.90. The molecule has 74 valence electrons. The second-order valence-corrected chi connectivity index (χ2v) is 3.93. The molecule has 0 saturated heterocycles. The third-order valence-electron chi connectivity index (χ3n) is 1.85. The van der Waals surface area contributed by atoms with Crippen LogP contribution in [0.3, 0.4) is 0 Å². The zero-order valence-corrected chi connectivity index (χ0v) is 8.89. The van der Waals surface area contributed by atoms with Gasteiger partial charge in [0.25, 0.3) is 0 Å². The van der Waals surface area contributed by atoms with Crippen LogP contribution in [0.15, 0.2) is 0 Å². The van der Waals surface area contributed by atoms with E-state index in [4.69, 9.17) is 4.74 Å². The average molecular weight is 173 g/mol. The van der Waals surface area contributed by atoms with Gasteiger partial charge in [-0.25, -0.2) is 0 Å². The predicted molar refractivity (Wildman–Crippen MR) is 53.4 cm³/mol. The van der Waals surface area contributed by atoms with E-state index in [1.807, 2.05) is 0 Å². The molecule has 0 aromatic heterocycles. The van der Waals surface area contributed by atoms with Crippen LogP contribution in [-0.2, 0) is 4.74 Å². The van der Waals surface area contributed by atoms with E-state index in [9.17, 15) is 0 Å². The van der Waals surface area contributed by atoms with E-state index in [1.54, 1.807) is 7.11 Å². The number of hydrogen-bond acceptors (Lipinski definition) is 2. The van der Waals surface area contributed by atoms with E-state index < -0.39 is 0 Å². The van der Waals surface area contributed by atoms with Crippen molar-refractivity contribution in [2.24, 2.45) is 11.8 Å². The van der Waals surface area contributed by atoms with Crippen molar-refractivity contribution in [3.8, 4) is 0 Å². The molecule has 0 fully saturated rings. The highest BCUT2D eigenvalue weighted by Gasteiger charge is 2.03. The average Bonchev–Trinajstić information content (AvgIpc) is 1.97. The van der Waals surface area contributed by atoms with Gasteiger partial charge >= 0.3 is 0 Å². The highest BCUT2D eigenvalue weighted by Crippen LogP contribution is 2.09. The first kappa shape index (κ1) is 11.9. The third kappa shape index (κ3) is 8.02. The first-order valence-corrected chi connectivity index (χ1v) is 4.86. The molecule has 0 aromatic carbocycles. The molecule has 12 heavy (non-hydrogen) atoms. The summed E-state index contributed by atoms with van der Waals surface area (Å²) in [4.78, 5) is 0. The smallest absolute Gasteiger partial charge is 0.0587 e. The van der Waals surface area contributed by atoms with Crippen LogP contribution in [0.2, 0.25) is 0 Å². The fourth-order valence-electron chi connectivity index (χ4n) is 1.41. The Hall–Kier alpha value is -0.0800. The van der Waals surface area contributed by atoms with Gasteiger partial charge in [0, 0.05) is 13.7 Å². The van der Waals surface area contributed by atoms with Crippen molar-refractivity contribution in [2.75, 3.05) is 26.8 Å². The van der Waals surface area contributed by atoms with Gasteiger partial charge in [0.05, 0.1) is 6.61 Å². The summed E-state index contributed by atoms with van der Waals surface area (Å²) < 4.78 is 4.94. The van der Waals surface area contributed by atoms with Crippen LogP contribution in [0.1, 0.15) is 27.2 Å². The van der Waals surface area contributed by atoms with Crippen LogP contribution in [0.4, 0.5) is 0 Å². The number of hydrogen-bond donors (Lipinski definition) is 1. The first-order chi connectivity index (χ1) is 5.66. The van der Waals surface area contributed by atoms with E-state index in [0.29, 0.717) is 0 Å². The van der Waals surface area contributed by atoms with Gasteiger partial charge in [-0.05, 0) is 24.8 Å². The van der Waals surface area contributed by atoms with Crippen molar-refractivity contribution in [1.29, 1.82) is 0 Å². The molecule has 1 unspecified atom stereocenters. The summed E-state index contributed by atoms with van der Waals surface area (Å²) >= 11 is 0. The van der Waals surface area contributed by atoms with E-state index >= 15 is 0 Å². The van der Waals surface area contributed by atoms with E-state index in [0.717, 1.165) is 31.5 Å². The summed E-state index contributed by atoms with van der Waals surface area (Å²) in [5, 5.41) is 3.37. The van der Waals surface area contributed by atoms with Gasteiger partial charge in [-0.3, -0.25) is 0 Å². The molecule has 2 nitrogen and oxygen atoms in total. The quantitative estimate of drug-likeness (QED) is 0.594. The van der Waals surface area contributed by atoms with Crippen molar-refractivity contribution in [2.45, 2.75) is 27.2 Å². The maximum absolute atomic E-state index is 4.94. The maximum atomic E-state index is 4.94. The van der Waals surface area contributed by atoms with Gasteiger partial charge in [-0.1, -0.05) is 20.8 Å². The van der Waals surface area contributed by atoms with Gasteiger partial charge in [0.15, 0.2) is 0 Å². The molecular weight excluding hydrogens is 150 g/mol. The summed E-state index contributed by atoms with van der Waals surface area (Å²) in [5.74, 6) is 1.59. The lowest BCUT2D eigenvalue weighted by atomic mass is 9.99. The molecule has 0 saturated carbocycles. The van der Waals surface area contributed by atoms with Crippen LogP contribution in [-0.4, -0.2) is 26.8 Å². The summed E-state index contributed by atoms with van der Waals surface area (Å²) in [6, 6.07) is 0. The maximum Gasteiger partial charge on any atom is 0.0587 e. The molecule has 0 aliphatic carbocycles. The Balaban J connectivity index is 3.14. The molecule has 0 aromatic rings. The zero-order valence-electron chi connectivity index (χ0n) is 8.89. The second-order valence-electron chi connectivity index (χ2n) is 3.93. The Kier molecular flexibility index (Phi) is 7.51. The number of rotatable bonds is 7. The highest BCUT2D eigenvalue weighted by molar-refractivity contribution is 4.58. The fraction of sp³-hybridized carbons (Fsp3) is 1.00. The monoisotopic (exact) mass is 173 g/mol. The van der Waals surface area contributed by atoms with Crippen LogP contribution < -0.4 is 5.32 Å². The van der Waals surface area contributed by atoms with Gasteiger partial charge in [0.1, 0.15) is 0 Å².